The average Bonchev–Trinajstić information content (AvgIpc) is 2.90. The molecule has 0 aromatic heterocycles. The van der Waals surface area contributed by atoms with Gasteiger partial charge in [0.25, 0.3) is 0 Å². The van der Waals surface area contributed by atoms with E-state index in [1.807, 2.05) is 0 Å². The van der Waals surface area contributed by atoms with Gasteiger partial charge in [-0.1, -0.05) is 162 Å². The minimum atomic E-state index is -0.520. The van der Waals surface area contributed by atoms with E-state index in [9.17, 15) is 9.90 Å². The summed E-state index contributed by atoms with van der Waals surface area (Å²) >= 11 is 0. The minimum absolute atomic E-state index is 0.168. The van der Waals surface area contributed by atoms with Crippen molar-refractivity contribution in [3.8, 4) is 0 Å². The van der Waals surface area contributed by atoms with Gasteiger partial charge in [-0.2, -0.15) is 0 Å². The van der Waals surface area contributed by atoms with Gasteiger partial charge in [-0.25, -0.2) is 0 Å². The van der Waals surface area contributed by atoms with Crippen molar-refractivity contribution in [2.45, 2.75) is 187 Å². The van der Waals surface area contributed by atoms with E-state index in [0.29, 0.717) is 19.6 Å². The molecule has 37 heavy (non-hydrogen) atoms. The Hall–Kier alpha value is -0.610. The second kappa shape index (κ2) is 31.6. The topological polar surface area (TPSA) is 55.8 Å². The normalized spacial score (nSPS) is 12.2. The van der Waals surface area contributed by atoms with Crippen LogP contribution in [0.1, 0.15) is 181 Å². The first-order valence-electron chi connectivity index (χ1n) is 16.6. The molecule has 1 N–H and O–H groups in total. The summed E-state index contributed by atoms with van der Waals surface area (Å²) in [6.07, 6.45) is 33.5. The second-order valence-electron chi connectivity index (χ2n) is 11.3. The summed E-state index contributed by atoms with van der Waals surface area (Å²) in [6.45, 7) is 5.22. The van der Waals surface area contributed by atoms with Crippen LogP contribution < -0.4 is 0 Å². The highest BCUT2D eigenvalue weighted by molar-refractivity contribution is 5.69. The SMILES string of the molecule is CCCCCCCCCCCCCCCCCCCCCCCCOCC(CO)OC(=O)CCCCC. The largest absolute Gasteiger partial charge is 0.457 e. The van der Waals surface area contributed by atoms with E-state index in [4.69, 9.17) is 9.47 Å². The van der Waals surface area contributed by atoms with Gasteiger partial charge >= 0.3 is 5.97 Å². The number of carbonyl (C=O) groups is 1. The van der Waals surface area contributed by atoms with Crippen LogP contribution in [0.15, 0.2) is 0 Å². The molecule has 0 saturated heterocycles. The molecule has 222 valence electrons. The van der Waals surface area contributed by atoms with Gasteiger partial charge in [0.2, 0.25) is 0 Å². The smallest absolute Gasteiger partial charge is 0.306 e. The van der Waals surface area contributed by atoms with Crippen LogP contribution >= 0.6 is 0 Å². The van der Waals surface area contributed by atoms with E-state index in [2.05, 4.69) is 13.8 Å². The lowest BCUT2D eigenvalue weighted by Gasteiger charge is -2.15. The number of carbonyl (C=O) groups excluding carboxylic acids is 1. The summed E-state index contributed by atoms with van der Waals surface area (Å²) in [5.41, 5.74) is 0. The summed E-state index contributed by atoms with van der Waals surface area (Å²) in [4.78, 5) is 11.7. The number of hydrogen-bond acceptors (Lipinski definition) is 4. The molecule has 4 nitrogen and oxygen atoms in total. The van der Waals surface area contributed by atoms with Crippen molar-refractivity contribution in [2.24, 2.45) is 0 Å². The van der Waals surface area contributed by atoms with Crippen molar-refractivity contribution >= 4 is 5.97 Å². The molecule has 0 fully saturated rings. The van der Waals surface area contributed by atoms with Gasteiger partial charge in [0.15, 0.2) is 0 Å². The summed E-state index contributed by atoms with van der Waals surface area (Å²) in [5.74, 6) is -0.222. The molecule has 0 heterocycles. The fourth-order valence-corrected chi connectivity index (χ4v) is 4.92. The first kappa shape index (κ1) is 36.4. The zero-order valence-electron chi connectivity index (χ0n) is 25.3. The molecular formula is C33H66O4. The number of rotatable bonds is 31. The van der Waals surface area contributed by atoms with Crippen LogP contribution in [0.25, 0.3) is 0 Å². The summed E-state index contributed by atoms with van der Waals surface area (Å²) in [7, 11) is 0. The lowest BCUT2D eigenvalue weighted by Crippen LogP contribution is -2.27. The maximum absolute atomic E-state index is 11.7. The Bertz CT molecular complexity index is 440. The molecule has 4 heteroatoms. The highest BCUT2D eigenvalue weighted by Gasteiger charge is 2.13. The van der Waals surface area contributed by atoms with Crippen molar-refractivity contribution in [3.63, 3.8) is 0 Å². The zero-order valence-corrected chi connectivity index (χ0v) is 25.3. The monoisotopic (exact) mass is 526 g/mol. The predicted octanol–water partition coefficient (Wildman–Crippen LogP) is 10.1. The van der Waals surface area contributed by atoms with Crippen LogP contribution in [0.2, 0.25) is 0 Å². The Kier molecular flexibility index (Phi) is 31.1. The second-order valence-corrected chi connectivity index (χ2v) is 11.3. The predicted molar refractivity (Wildman–Crippen MR) is 159 cm³/mol. The van der Waals surface area contributed by atoms with Crippen LogP contribution in [-0.2, 0) is 14.3 Å². The van der Waals surface area contributed by atoms with Gasteiger partial charge < -0.3 is 14.6 Å². The van der Waals surface area contributed by atoms with Crippen molar-refractivity contribution in [1.82, 2.24) is 0 Å². The molecule has 1 atom stereocenters. The lowest BCUT2D eigenvalue weighted by molar-refractivity contribution is -0.154. The van der Waals surface area contributed by atoms with E-state index < -0.39 is 6.10 Å². The molecule has 0 rings (SSSR count). The van der Waals surface area contributed by atoms with Crippen molar-refractivity contribution in [1.29, 1.82) is 0 Å². The molecule has 0 aliphatic heterocycles. The van der Waals surface area contributed by atoms with Gasteiger partial charge in [0.05, 0.1) is 13.2 Å². The zero-order chi connectivity index (χ0) is 27.1. The van der Waals surface area contributed by atoms with Crippen LogP contribution in [0.3, 0.4) is 0 Å². The van der Waals surface area contributed by atoms with Crippen molar-refractivity contribution in [3.05, 3.63) is 0 Å². The molecule has 1 unspecified atom stereocenters. The van der Waals surface area contributed by atoms with Crippen LogP contribution in [-0.4, -0.2) is 37.0 Å². The molecule has 0 saturated carbocycles. The third-order valence-electron chi connectivity index (χ3n) is 7.43. The highest BCUT2D eigenvalue weighted by atomic mass is 16.6. The number of aliphatic hydroxyl groups excluding tert-OH is 1. The summed E-state index contributed by atoms with van der Waals surface area (Å²) in [6, 6.07) is 0. The number of esters is 1. The van der Waals surface area contributed by atoms with Gasteiger partial charge in [0.1, 0.15) is 6.10 Å². The first-order valence-corrected chi connectivity index (χ1v) is 16.6. The molecule has 0 aliphatic rings. The number of aliphatic hydroxyl groups is 1. The summed E-state index contributed by atoms with van der Waals surface area (Å²) < 4.78 is 10.9. The standard InChI is InChI=1S/C33H66O4/c1-3-5-7-8-9-10-11-12-13-14-15-16-17-18-19-20-21-22-23-24-25-27-29-36-31-32(30-34)37-33(35)28-26-6-4-2/h32,34H,3-31H2,1-2H3. The molecular weight excluding hydrogens is 460 g/mol. The molecule has 0 bridgehead atoms. The minimum Gasteiger partial charge on any atom is -0.457 e. The van der Waals surface area contributed by atoms with E-state index >= 15 is 0 Å². The number of hydrogen-bond donors (Lipinski definition) is 1. The summed E-state index contributed by atoms with van der Waals surface area (Å²) in [5, 5.41) is 9.37. The molecule has 0 amide bonds. The molecule has 0 aromatic rings. The highest BCUT2D eigenvalue weighted by Crippen LogP contribution is 2.15. The Labute approximate surface area is 232 Å². The lowest BCUT2D eigenvalue weighted by atomic mass is 10.0. The van der Waals surface area contributed by atoms with Gasteiger partial charge in [0, 0.05) is 13.0 Å². The van der Waals surface area contributed by atoms with Gasteiger partial charge in [-0.15, -0.1) is 0 Å². The van der Waals surface area contributed by atoms with Crippen molar-refractivity contribution < 1.29 is 19.4 Å². The molecule has 0 radical (unpaired) electrons. The average molecular weight is 527 g/mol. The van der Waals surface area contributed by atoms with E-state index in [-0.39, 0.29) is 12.6 Å². The van der Waals surface area contributed by atoms with Gasteiger partial charge in [-0.05, 0) is 12.8 Å². The Balaban J connectivity index is 3.22. The third-order valence-corrected chi connectivity index (χ3v) is 7.43. The van der Waals surface area contributed by atoms with E-state index in [0.717, 1.165) is 25.7 Å². The maximum Gasteiger partial charge on any atom is 0.306 e. The Morgan fingerprint density at radius 2 is 0.892 bits per heavy atom. The Morgan fingerprint density at radius 1 is 0.541 bits per heavy atom. The quantitative estimate of drug-likeness (QED) is 0.0721. The molecule has 0 aromatic carbocycles. The van der Waals surface area contributed by atoms with Crippen molar-refractivity contribution in [2.75, 3.05) is 19.8 Å². The third kappa shape index (κ3) is 29.8. The fraction of sp³-hybridized carbons (Fsp3) is 0.970. The van der Waals surface area contributed by atoms with Crippen LogP contribution in [0.4, 0.5) is 0 Å². The van der Waals surface area contributed by atoms with E-state index in [1.54, 1.807) is 0 Å². The van der Waals surface area contributed by atoms with E-state index in [1.165, 1.54) is 135 Å². The fourth-order valence-electron chi connectivity index (χ4n) is 4.92. The maximum atomic E-state index is 11.7. The molecule has 0 aliphatic carbocycles. The molecule has 0 spiro atoms. The number of unbranched alkanes of at least 4 members (excludes halogenated alkanes) is 23. The van der Waals surface area contributed by atoms with Crippen LogP contribution in [0, 0.1) is 0 Å². The Morgan fingerprint density at radius 3 is 1.27 bits per heavy atom. The number of ether oxygens (including phenoxy) is 2. The van der Waals surface area contributed by atoms with Gasteiger partial charge in [-0.3, -0.25) is 4.79 Å². The first-order chi connectivity index (χ1) is 18.2. The van der Waals surface area contributed by atoms with Crippen LogP contribution in [0.5, 0.6) is 0 Å².